The number of aliphatic hydroxyl groups is 1. The Hall–Kier alpha value is -2.98. The lowest BCUT2D eigenvalue weighted by Gasteiger charge is -2.20. The van der Waals surface area contributed by atoms with E-state index >= 15 is 0 Å². The molecule has 0 aliphatic carbocycles. The Morgan fingerprint density at radius 2 is 2.19 bits per heavy atom. The second-order valence-corrected chi connectivity index (χ2v) is 8.19. The molecule has 4 rings (SSSR count). The topological polar surface area (TPSA) is 119 Å². The Balaban J connectivity index is 1.46. The van der Waals surface area contributed by atoms with Gasteiger partial charge in [-0.15, -0.1) is 0 Å². The minimum absolute atomic E-state index is 0.0895. The zero-order valence-corrected chi connectivity index (χ0v) is 18.9. The number of aromatic nitrogens is 5. The summed E-state index contributed by atoms with van der Waals surface area (Å²) >= 11 is 6.35. The van der Waals surface area contributed by atoms with Crippen LogP contribution >= 0.6 is 11.6 Å². The molecular formula is C21H25ClN6O4. The first-order valence-electron chi connectivity index (χ1n) is 10.5. The Kier molecular flexibility index (Phi) is 6.43. The minimum Gasteiger partial charge on any atom is -0.472 e. The van der Waals surface area contributed by atoms with Gasteiger partial charge in [0.2, 0.25) is 5.88 Å². The average Bonchev–Trinajstić information content (AvgIpc) is 3.37. The number of hydrogen-bond acceptors (Lipinski definition) is 9. The molecule has 4 heterocycles. The van der Waals surface area contributed by atoms with Crippen molar-refractivity contribution >= 4 is 17.3 Å². The summed E-state index contributed by atoms with van der Waals surface area (Å²) in [6.07, 6.45) is 3.50. The van der Waals surface area contributed by atoms with Crippen molar-refractivity contribution in [3.05, 3.63) is 45.4 Å². The smallest absolute Gasteiger partial charge is 0.287 e. The molecule has 2 atom stereocenters. The monoisotopic (exact) mass is 460 g/mol. The van der Waals surface area contributed by atoms with E-state index in [4.69, 9.17) is 20.9 Å². The van der Waals surface area contributed by atoms with E-state index in [2.05, 4.69) is 20.2 Å². The Morgan fingerprint density at radius 1 is 1.38 bits per heavy atom. The summed E-state index contributed by atoms with van der Waals surface area (Å²) < 4.78 is 12.5. The van der Waals surface area contributed by atoms with Crippen LogP contribution in [0.15, 0.2) is 27.9 Å². The maximum Gasteiger partial charge on any atom is 0.287 e. The molecule has 1 fully saturated rings. The van der Waals surface area contributed by atoms with Gasteiger partial charge in [-0.25, -0.2) is 14.6 Å². The zero-order chi connectivity index (χ0) is 22.8. The number of ether oxygens (including phenoxy) is 1. The molecule has 32 heavy (non-hydrogen) atoms. The van der Waals surface area contributed by atoms with E-state index < -0.39 is 11.7 Å². The van der Waals surface area contributed by atoms with Gasteiger partial charge in [-0.1, -0.05) is 23.7 Å². The summed E-state index contributed by atoms with van der Waals surface area (Å²) in [6, 6.07) is 1.77. The lowest BCUT2D eigenvalue weighted by molar-refractivity contribution is 0.143. The number of anilines is 1. The second kappa shape index (κ2) is 9.25. The highest BCUT2D eigenvalue weighted by Gasteiger charge is 2.28. The van der Waals surface area contributed by atoms with E-state index in [1.165, 1.54) is 11.0 Å². The summed E-state index contributed by atoms with van der Waals surface area (Å²) in [6.45, 7) is 6.84. The van der Waals surface area contributed by atoms with Crippen molar-refractivity contribution in [1.82, 2.24) is 24.9 Å². The predicted octanol–water partition coefficient (Wildman–Crippen LogP) is 2.39. The number of nitrogens with zero attached hydrogens (tertiary/aromatic N) is 6. The summed E-state index contributed by atoms with van der Waals surface area (Å²) in [5, 5.41) is 18.0. The number of halogens is 1. The quantitative estimate of drug-likeness (QED) is 0.566. The van der Waals surface area contributed by atoms with Crippen LogP contribution in [0.2, 0.25) is 5.02 Å². The number of rotatable bonds is 7. The van der Waals surface area contributed by atoms with Crippen LogP contribution in [0.1, 0.15) is 31.2 Å². The Labute approximate surface area is 189 Å². The van der Waals surface area contributed by atoms with Crippen LogP contribution in [0.3, 0.4) is 0 Å². The fraction of sp³-hybridized carbons (Fsp3) is 0.476. The van der Waals surface area contributed by atoms with Gasteiger partial charge in [0.05, 0.1) is 48.0 Å². The standard InChI is InChI=1S/C21H25ClN6O4/c1-4-14(29)9-28-21(30)20(22)17(8-25-28)27-6-5-15(10-27)31-18-7-16(23-11-24-18)19-12(2)26-32-13(19)3/h7-8,11,14-15,29H,4-6,9-10H2,1-3H3/t14?,15-/m1/s1. The molecule has 1 saturated heterocycles. The van der Waals surface area contributed by atoms with Crippen LogP contribution in [0.5, 0.6) is 5.88 Å². The first-order valence-corrected chi connectivity index (χ1v) is 10.9. The van der Waals surface area contributed by atoms with Crippen LogP contribution in [0.25, 0.3) is 11.3 Å². The van der Waals surface area contributed by atoms with Crippen molar-refractivity contribution in [2.24, 2.45) is 0 Å². The van der Waals surface area contributed by atoms with Crippen LogP contribution in [-0.4, -0.2) is 55.3 Å². The van der Waals surface area contributed by atoms with Gasteiger partial charge in [0.15, 0.2) is 0 Å². The summed E-state index contributed by atoms with van der Waals surface area (Å²) in [7, 11) is 0. The first kappa shape index (κ1) is 22.2. The van der Waals surface area contributed by atoms with Crippen LogP contribution < -0.4 is 15.2 Å². The second-order valence-electron chi connectivity index (χ2n) is 7.81. The van der Waals surface area contributed by atoms with Crippen molar-refractivity contribution in [3.63, 3.8) is 0 Å². The fourth-order valence-corrected chi connectivity index (χ4v) is 4.00. The van der Waals surface area contributed by atoms with Gasteiger partial charge in [-0.2, -0.15) is 5.10 Å². The highest BCUT2D eigenvalue weighted by Crippen LogP contribution is 2.29. The molecule has 0 aromatic carbocycles. The molecule has 1 aliphatic heterocycles. The highest BCUT2D eigenvalue weighted by molar-refractivity contribution is 6.33. The SMILES string of the molecule is CCC(O)Cn1ncc(N2CC[C@@H](Oc3cc(-c4c(C)noc4C)ncn3)C2)c(Cl)c1=O. The zero-order valence-electron chi connectivity index (χ0n) is 18.2. The van der Waals surface area contributed by atoms with Crippen molar-refractivity contribution in [1.29, 1.82) is 0 Å². The minimum atomic E-state index is -0.644. The van der Waals surface area contributed by atoms with Crippen molar-refractivity contribution in [2.75, 3.05) is 18.0 Å². The van der Waals surface area contributed by atoms with Gasteiger partial charge in [-0.3, -0.25) is 4.79 Å². The maximum absolute atomic E-state index is 12.5. The lowest BCUT2D eigenvalue weighted by Crippen LogP contribution is -2.32. The molecule has 0 bridgehead atoms. The molecule has 170 valence electrons. The molecule has 3 aromatic heterocycles. The third-order valence-electron chi connectivity index (χ3n) is 5.53. The molecule has 0 saturated carbocycles. The first-order chi connectivity index (χ1) is 15.4. The van der Waals surface area contributed by atoms with Gasteiger partial charge in [-0.05, 0) is 20.3 Å². The number of aryl methyl sites for hydroxylation is 2. The maximum atomic E-state index is 12.5. The van der Waals surface area contributed by atoms with E-state index in [0.29, 0.717) is 42.5 Å². The fourth-order valence-electron chi connectivity index (χ4n) is 3.74. The molecular weight excluding hydrogens is 436 g/mol. The van der Waals surface area contributed by atoms with Crippen LogP contribution in [-0.2, 0) is 6.54 Å². The summed E-state index contributed by atoms with van der Waals surface area (Å²) in [4.78, 5) is 23.1. The molecule has 0 spiro atoms. The average molecular weight is 461 g/mol. The van der Waals surface area contributed by atoms with E-state index in [1.807, 2.05) is 25.7 Å². The molecule has 0 radical (unpaired) electrons. The molecule has 1 aliphatic rings. The van der Waals surface area contributed by atoms with Crippen LogP contribution in [0, 0.1) is 13.8 Å². The van der Waals surface area contributed by atoms with Crippen molar-refractivity contribution in [2.45, 2.75) is 52.4 Å². The van der Waals surface area contributed by atoms with E-state index in [9.17, 15) is 9.90 Å². The van der Waals surface area contributed by atoms with Crippen LogP contribution in [0.4, 0.5) is 5.69 Å². The molecule has 3 aromatic rings. The van der Waals surface area contributed by atoms with E-state index in [-0.39, 0.29) is 17.7 Å². The van der Waals surface area contributed by atoms with Gasteiger partial charge in [0, 0.05) is 19.0 Å². The van der Waals surface area contributed by atoms with Gasteiger partial charge in [0.1, 0.15) is 23.2 Å². The molecule has 11 heteroatoms. The van der Waals surface area contributed by atoms with Crippen molar-refractivity contribution < 1.29 is 14.4 Å². The third-order valence-corrected chi connectivity index (χ3v) is 5.88. The van der Waals surface area contributed by atoms with Crippen molar-refractivity contribution in [3.8, 4) is 17.1 Å². The largest absolute Gasteiger partial charge is 0.472 e. The molecule has 10 nitrogen and oxygen atoms in total. The lowest BCUT2D eigenvalue weighted by atomic mass is 10.1. The van der Waals surface area contributed by atoms with E-state index in [0.717, 1.165) is 17.7 Å². The normalized spacial score (nSPS) is 17.0. The van der Waals surface area contributed by atoms with Gasteiger partial charge in [0.25, 0.3) is 5.56 Å². The van der Waals surface area contributed by atoms with Gasteiger partial charge >= 0.3 is 0 Å². The van der Waals surface area contributed by atoms with Gasteiger partial charge < -0.3 is 19.3 Å². The number of hydrogen-bond donors (Lipinski definition) is 1. The molecule has 1 N–H and O–H groups in total. The third kappa shape index (κ3) is 4.46. The van der Waals surface area contributed by atoms with E-state index in [1.54, 1.807) is 12.3 Å². The Bertz CT molecular complexity index is 1140. The number of aliphatic hydroxyl groups excluding tert-OH is 1. The summed E-state index contributed by atoms with van der Waals surface area (Å²) in [5.41, 5.74) is 2.41. The highest BCUT2D eigenvalue weighted by atomic mass is 35.5. The summed E-state index contributed by atoms with van der Waals surface area (Å²) in [5.74, 6) is 1.14. The predicted molar refractivity (Wildman–Crippen MR) is 118 cm³/mol. The molecule has 1 unspecified atom stereocenters. The molecule has 0 amide bonds. The Morgan fingerprint density at radius 3 is 2.91 bits per heavy atom.